The molecule has 0 atom stereocenters. The number of sulfone groups is 1. The molecule has 0 saturated carbocycles. The molecule has 0 radical (unpaired) electrons. The van der Waals surface area contributed by atoms with Gasteiger partial charge < -0.3 is 10.6 Å². The Hall–Kier alpha value is -0.820. The molecule has 2 N–H and O–H groups in total. The van der Waals surface area contributed by atoms with E-state index in [4.69, 9.17) is 5.73 Å². The topological polar surface area (TPSA) is 76.3 Å². The number of rotatable bonds is 4. The standard InChI is InChI=1S/C8H15N3O2S2/c1-4-5-15(12,13)6-7(9)10-14-8(6)11(2)3/h4-5H2,1-3H3,(H2,9,10). The Morgan fingerprint density at radius 1 is 1.47 bits per heavy atom. The second kappa shape index (κ2) is 4.36. The van der Waals surface area contributed by atoms with Crippen molar-refractivity contribution >= 4 is 32.2 Å². The zero-order valence-electron chi connectivity index (χ0n) is 9.02. The van der Waals surface area contributed by atoms with Gasteiger partial charge in [-0.05, 0) is 18.0 Å². The maximum Gasteiger partial charge on any atom is 0.185 e. The number of anilines is 2. The third kappa shape index (κ3) is 2.40. The van der Waals surface area contributed by atoms with Crippen molar-refractivity contribution < 1.29 is 8.42 Å². The largest absolute Gasteiger partial charge is 0.382 e. The molecule has 1 rings (SSSR count). The third-order valence-corrected chi connectivity index (χ3v) is 4.98. The van der Waals surface area contributed by atoms with E-state index in [1.54, 1.807) is 19.0 Å². The third-order valence-electron chi connectivity index (χ3n) is 1.85. The van der Waals surface area contributed by atoms with Crippen LogP contribution in [0.25, 0.3) is 0 Å². The van der Waals surface area contributed by atoms with Gasteiger partial charge in [-0.25, -0.2) is 8.42 Å². The van der Waals surface area contributed by atoms with E-state index in [1.807, 2.05) is 6.92 Å². The molecule has 0 aliphatic rings. The molecule has 0 spiro atoms. The number of nitrogen functional groups attached to an aromatic ring is 1. The molecular weight excluding hydrogens is 234 g/mol. The maximum atomic E-state index is 11.9. The van der Waals surface area contributed by atoms with Crippen LogP contribution in [0, 0.1) is 0 Å². The van der Waals surface area contributed by atoms with Gasteiger partial charge in [0.05, 0.1) is 5.75 Å². The fourth-order valence-electron chi connectivity index (χ4n) is 1.23. The van der Waals surface area contributed by atoms with Crippen molar-refractivity contribution in [2.75, 3.05) is 30.5 Å². The normalized spacial score (nSPS) is 11.7. The van der Waals surface area contributed by atoms with Crippen molar-refractivity contribution in [3.05, 3.63) is 0 Å². The summed E-state index contributed by atoms with van der Waals surface area (Å²) >= 11 is 1.11. The minimum Gasteiger partial charge on any atom is -0.382 e. The molecule has 0 saturated heterocycles. The first-order valence-electron chi connectivity index (χ1n) is 4.55. The highest BCUT2D eigenvalue weighted by atomic mass is 32.2. The van der Waals surface area contributed by atoms with E-state index < -0.39 is 9.84 Å². The van der Waals surface area contributed by atoms with E-state index in [9.17, 15) is 8.42 Å². The Morgan fingerprint density at radius 2 is 2.07 bits per heavy atom. The summed E-state index contributed by atoms with van der Waals surface area (Å²) in [5, 5.41) is 0.598. The Balaban J connectivity index is 3.29. The Morgan fingerprint density at radius 3 is 2.53 bits per heavy atom. The molecule has 0 aromatic carbocycles. The molecule has 0 bridgehead atoms. The number of aromatic nitrogens is 1. The average Bonchev–Trinajstić information content (AvgIpc) is 2.47. The lowest BCUT2D eigenvalue weighted by Crippen LogP contribution is -2.14. The highest BCUT2D eigenvalue weighted by molar-refractivity contribution is 7.91. The summed E-state index contributed by atoms with van der Waals surface area (Å²) in [5.41, 5.74) is 5.59. The van der Waals surface area contributed by atoms with Gasteiger partial charge >= 0.3 is 0 Å². The zero-order valence-corrected chi connectivity index (χ0v) is 10.7. The first-order chi connectivity index (χ1) is 6.90. The first-order valence-corrected chi connectivity index (χ1v) is 6.98. The van der Waals surface area contributed by atoms with E-state index in [0.717, 1.165) is 11.5 Å². The molecular formula is C8H15N3O2S2. The van der Waals surface area contributed by atoms with Crippen LogP contribution in [0.4, 0.5) is 10.8 Å². The quantitative estimate of drug-likeness (QED) is 0.860. The van der Waals surface area contributed by atoms with E-state index in [1.165, 1.54) is 0 Å². The van der Waals surface area contributed by atoms with Crippen LogP contribution in [0.5, 0.6) is 0 Å². The zero-order chi connectivity index (χ0) is 11.6. The number of nitrogens with two attached hydrogens (primary N) is 1. The van der Waals surface area contributed by atoms with Crippen molar-refractivity contribution in [1.29, 1.82) is 0 Å². The van der Waals surface area contributed by atoms with Gasteiger partial charge in [0.25, 0.3) is 0 Å². The number of hydrogen-bond donors (Lipinski definition) is 1. The van der Waals surface area contributed by atoms with Crippen molar-refractivity contribution in [3.63, 3.8) is 0 Å². The summed E-state index contributed by atoms with van der Waals surface area (Å²) in [6, 6.07) is 0. The number of nitrogens with zero attached hydrogens (tertiary/aromatic N) is 2. The highest BCUT2D eigenvalue weighted by Gasteiger charge is 2.25. The summed E-state index contributed by atoms with van der Waals surface area (Å²) in [6.45, 7) is 1.82. The van der Waals surface area contributed by atoms with Gasteiger partial charge in [-0.2, -0.15) is 4.37 Å². The van der Waals surface area contributed by atoms with Gasteiger partial charge in [0.15, 0.2) is 15.7 Å². The van der Waals surface area contributed by atoms with Crippen LogP contribution in [-0.4, -0.2) is 32.6 Å². The summed E-state index contributed by atoms with van der Waals surface area (Å²) in [4.78, 5) is 1.90. The molecule has 15 heavy (non-hydrogen) atoms. The molecule has 0 aliphatic carbocycles. The molecule has 5 nitrogen and oxygen atoms in total. The predicted molar refractivity (Wildman–Crippen MR) is 63.2 cm³/mol. The van der Waals surface area contributed by atoms with Crippen LogP contribution in [0.1, 0.15) is 13.3 Å². The van der Waals surface area contributed by atoms with E-state index in [2.05, 4.69) is 4.37 Å². The smallest absolute Gasteiger partial charge is 0.185 e. The van der Waals surface area contributed by atoms with Gasteiger partial charge in [-0.1, -0.05) is 6.92 Å². The fraction of sp³-hybridized carbons (Fsp3) is 0.625. The average molecular weight is 249 g/mol. The molecule has 86 valence electrons. The Labute approximate surface area is 94.0 Å². The molecule has 7 heteroatoms. The Bertz CT molecular complexity index is 437. The minimum absolute atomic E-state index is 0.108. The first kappa shape index (κ1) is 12.3. The maximum absolute atomic E-state index is 11.9. The predicted octanol–water partition coefficient (Wildman–Crippen LogP) is 0.975. The number of hydrogen-bond acceptors (Lipinski definition) is 6. The lowest BCUT2D eigenvalue weighted by Gasteiger charge is -2.11. The SMILES string of the molecule is CCCS(=O)(=O)c1c(N)nsc1N(C)C. The van der Waals surface area contributed by atoms with Crippen molar-refractivity contribution in [2.45, 2.75) is 18.2 Å². The van der Waals surface area contributed by atoms with Crippen LogP contribution in [0.3, 0.4) is 0 Å². The van der Waals surface area contributed by atoms with Crippen LogP contribution in [0.2, 0.25) is 0 Å². The van der Waals surface area contributed by atoms with E-state index in [-0.39, 0.29) is 16.5 Å². The van der Waals surface area contributed by atoms with Crippen LogP contribution >= 0.6 is 11.5 Å². The van der Waals surface area contributed by atoms with Gasteiger partial charge in [0.1, 0.15) is 9.90 Å². The lowest BCUT2D eigenvalue weighted by atomic mass is 10.6. The summed E-state index contributed by atoms with van der Waals surface area (Å²) < 4.78 is 27.7. The van der Waals surface area contributed by atoms with Gasteiger partial charge in [-0.3, -0.25) is 0 Å². The second-order valence-corrected chi connectivity index (χ2v) is 6.21. The van der Waals surface area contributed by atoms with Crippen molar-refractivity contribution in [1.82, 2.24) is 4.37 Å². The van der Waals surface area contributed by atoms with Gasteiger partial charge in [0, 0.05) is 14.1 Å². The van der Waals surface area contributed by atoms with Gasteiger partial charge in [0.2, 0.25) is 0 Å². The van der Waals surface area contributed by atoms with Crippen LogP contribution in [0.15, 0.2) is 4.90 Å². The molecule has 0 aliphatic heterocycles. The fourth-order valence-corrected chi connectivity index (χ4v) is 3.96. The highest BCUT2D eigenvalue weighted by Crippen LogP contribution is 2.34. The Kier molecular flexibility index (Phi) is 3.56. The minimum atomic E-state index is -3.29. The molecule has 0 fully saturated rings. The molecule has 0 amide bonds. The molecule has 0 unspecified atom stereocenters. The summed E-state index contributed by atoms with van der Waals surface area (Å²) in [6.07, 6.45) is 0.574. The van der Waals surface area contributed by atoms with Crippen molar-refractivity contribution in [3.8, 4) is 0 Å². The lowest BCUT2D eigenvalue weighted by molar-refractivity contribution is 0.595. The van der Waals surface area contributed by atoms with Crippen molar-refractivity contribution in [2.24, 2.45) is 0 Å². The summed E-state index contributed by atoms with van der Waals surface area (Å²) in [7, 11) is 0.259. The second-order valence-electron chi connectivity index (χ2n) is 3.42. The van der Waals surface area contributed by atoms with Crippen LogP contribution in [-0.2, 0) is 9.84 Å². The van der Waals surface area contributed by atoms with Gasteiger partial charge in [-0.15, -0.1) is 0 Å². The molecule has 1 aromatic heterocycles. The van der Waals surface area contributed by atoms with Crippen LogP contribution < -0.4 is 10.6 Å². The van der Waals surface area contributed by atoms with E-state index in [0.29, 0.717) is 11.4 Å². The molecule has 1 aromatic rings. The monoisotopic (exact) mass is 249 g/mol. The molecule has 1 heterocycles. The summed E-state index contributed by atoms with van der Waals surface area (Å²) in [5.74, 6) is 0.216. The van der Waals surface area contributed by atoms with E-state index >= 15 is 0 Å².